The van der Waals surface area contributed by atoms with Crippen LogP contribution in [0.4, 0.5) is 0 Å². The molecule has 31 heavy (non-hydrogen) atoms. The molecule has 0 N–H and O–H groups in total. The standard InChI is InChI=1S/C26H36Cl2O2S/c1-17(2)23-9-7-19(5)11-25(23)29-15-21(13-27)31-22(14-28)16-30-26-12-20(6)8-10-24(26)18(3)4/h7-12,17-18,21-22H,13-16H2,1-6H3/t21-,22+. The molecule has 2 aromatic rings. The Hall–Kier alpha value is -1.03. The van der Waals surface area contributed by atoms with Gasteiger partial charge in [0.2, 0.25) is 0 Å². The Balaban J connectivity index is 1.99. The number of hydrogen-bond acceptors (Lipinski definition) is 3. The first-order valence-electron chi connectivity index (χ1n) is 11.0. The van der Waals surface area contributed by atoms with Gasteiger partial charge in [0.1, 0.15) is 24.7 Å². The van der Waals surface area contributed by atoms with Gasteiger partial charge in [0.05, 0.1) is 10.5 Å². The average Bonchev–Trinajstić information content (AvgIpc) is 2.73. The number of alkyl halides is 2. The minimum atomic E-state index is 0.136. The zero-order valence-corrected chi connectivity index (χ0v) is 21.9. The highest BCUT2D eigenvalue weighted by Gasteiger charge is 2.20. The molecule has 0 amide bonds. The van der Waals surface area contributed by atoms with Gasteiger partial charge in [-0.3, -0.25) is 0 Å². The van der Waals surface area contributed by atoms with Gasteiger partial charge in [-0.15, -0.1) is 35.0 Å². The van der Waals surface area contributed by atoms with E-state index in [1.54, 1.807) is 11.8 Å². The maximum Gasteiger partial charge on any atom is 0.123 e. The summed E-state index contributed by atoms with van der Waals surface area (Å²) in [6.45, 7) is 14.0. The molecule has 5 heteroatoms. The molecule has 0 aliphatic rings. The van der Waals surface area contributed by atoms with Crippen molar-refractivity contribution in [2.75, 3.05) is 25.0 Å². The predicted octanol–water partition coefficient (Wildman–Crippen LogP) is 7.96. The van der Waals surface area contributed by atoms with Crippen molar-refractivity contribution in [3.63, 3.8) is 0 Å². The number of thioether (sulfide) groups is 1. The molecule has 0 saturated heterocycles. The lowest BCUT2D eigenvalue weighted by Gasteiger charge is -2.23. The summed E-state index contributed by atoms with van der Waals surface area (Å²) >= 11 is 14.3. The summed E-state index contributed by atoms with van der Waals surface area (Å²) in [6, 6.07) is 12.8. The number of aryl methyl sites for hydroxylation is 2. The van der Waals surface area contributed by atoms with E-state index >= 15 is 0 Å². The molecule has 2 rings (SSSR count). The van der Waals surface area contributed by atoms with Gasteiger partial charge in [0.15, 0.2) is 0 Å². The van der Waals surface area contributed by atoms with E-state index in [1.165, 1.54) is 22.3 Å². The van der Waals surface area contributed by atoms with Gasteiger partial charge in [0.25, 0.3) is 0 Å². The quantitative estimate of drug-likeness (QED) is 0.285. The average molecular weight is 484 g/mol. The monoisotopic (exact) mass is 482 g/mol. The zero-order valence-electron chi connectivity index (χ0n) is 19.6. The topological polar surface area (TPSA) is 18.5 Å². The summed E-state index contributed by atoms with van der Waals surface area (Å²) < 4.78 is 12.4. The van der Waals surface area contributed by atoms with Gasteiger partial charge in [-0.25, -0.2) is 0 Å². The van der Waals surface area contributed by atoms with Crippen molar-refractivity contribution in [2.45, 2.75) is 63.9 Å². The number of hydrogen-bond donors (Lipinski definition) is 0. The molecule has 0 aromatic heterocycles. The highest BCUT2D eigenvalue weighted by Crippen LogP contribution is 2.31. The van der Waals surface area contributed by atoms with Gasteiger partial charge < -0.3 is 9.47 Å². The second-order valence-corrected chi connectivity index (χ2v) is 10.9. The van der Waals surface area contributed by atoms with Crippen LogP contribution in [0.15, 0.2) is 36.4 Å². The van der Waals surface area contributed by atoms with Gasteiger partial charge in [-0.1, -0.05) is 52.0 Å². The minimum Gasteiger partial charge on any atom is -0.492 e. The van der Waals surface area contributed by atoms with Crippen molar-refractivity contribution in [3.8, 4) is 11.5 Å². The molecule has 0 aliphatic heterocycles. The number of halogens is 2. The molecule has 0 radical (unpaired) electrons. The van der Waals surface area contributed by atoms with E-state index in [9.17, 15) is 0 Å². The molecular weight excluding hydrogens is 447 g/mol. The fourth-order valence-corrected chi connectivity index (χ4v) is 4.96. The van der Waals surface area contributed by atoms with Crippen molar-refractivity contribution in [1.82, 2.24) is 0 Å². The summed E-state index contributed by atoms with van der Waals surface area (Å²) in [7, 11) is 0. The molecule has 0 bridgehead atoms. The molecule has 0 fully saturated rings. The van der Waals surface area contributed by atoms with Crippen LogP contribution in [0.2, 0.25) is 0 Å². The lowest BCUT2D eigenvalue weighted by atomic mass is 10.0. The van der Waals surface area contributed by atoms with E-state index in [0.29, 0.717) is 36.8 Å². The highest BCUT2D eigenvalue weighted by molar-refractivity contribution is 8.00. The van der Waals surface area contributed by atoms with Crippen molar-refractivity contribution in [1.29, 1.82) is 0 Å². The summed E-state index contributed by atoms with van der Waals surface area (Å²) in [4.78, 5) is 0. The predicted molar refractivity (Wildman–Crippen MR) is 138 cm³/mol. The molecule has 2 atom stereocenters. The van der Waals surface area contributed by atoms with Crippen molar-refractivity contribution in [3.05, 3.63) is 58.7 Å². The fourth-order valence-electron chi connectivity index (χ4n) is 3.37. The van der Waals surface area contributed by atoms with Crippen molar-refractivity contribution < 1.29 is 9.47 Å². The van der Waals surface area contributed by atoms with E-state index in [1.807, 2.05) is 0 Å². The van der Waals surface area contributed by atoms with E-state index < -0.39 is 0 Å². The third-order valence-electron chi connectivity index (χ3n) is 5.16. The third-order valence-corrected chi connectivity index (χ3v) is 7.65. The van der Waals surface area contributed by atoms with Crippen molar-refractivity contribution >= 4 is 35.0 Å². The van der Waals surface area contributed by atoms with Crippen LogP contribution in [0.3, 0.4) is 0 Å². The molecule has 0 spiro atoms. The highest BCUT2D eigenvalue weighted by atomic mass is 35.5. The van der Waals surface area contributed by atoms with Gasteiger partial charge in [-0.05, 0) is 60.1 Å². The molecule has 0 unspecified atom stereocenters. The Morgan fingerprint density at radius 1 is 0.710 bits per heavy atom. The molecule has 172 valence electrons. The van der Waals surface area contributed by atoms with Gasteiger partial charge in [-0.2, -0.15) is 0 Å². The summed E-state index contributed by atoms with van der Waals surface area (Å²) in [6.07, 6.45) is 0. The first kappa shape index (κ1) is 26.2. The normalized spacial score (nSPS) is 13.5. The summed E-state index contributed by atoms with van der Waals surface area (Å²) in [5.74, 6) is 3.72. The maximum atomic E-state index is 6.29. The Bertz CT molecular complexity index is 756. The first-order chi connectivity index (χ1) is 14.7. The molecule has 0 aliphatic carbocycles. The molecule has 2 nitrogen and oxygen atoms in total. The van der Waals surface area contributed by atoms with Crippen LogP contribution in [0.25, 0.3) is 0 Å². The molecular formula is C26H36Cl2O2S. The SMILES string of the molecule is Cc1ccc(C(C)C)c(OC[C@@H](CCl)S[C@@H](CCl)COc2cc(C)ccc2C(C)C)c1. The van der Waals surface area contributed by atoms with Crippen LogP contribution < -0.4 is 9.47 Å². The van der Waals surface area contributed by atoms with E-state index in [4.69, 9.17) is 32.7 Å². The Morgan fingerprint density at radius 2 is 1.10 bits per heavy atom. The Morgan fingerprint density at radius 3 is 1.42 bits per heavy atom. The Kier molecular flexibility index (Phi) is 10.9. The van der Waals surface area contributed by atoms with Gasteiger partial charge in [0, 0.05) is 11.8 Å². The molecule has 0 heterocycles. The van der Waals surface area contributed by atoms with Crippen LogP contribution in [-0.2, 0) is 0 Å². The van der Waals surface area contributed by atoms with Crippen LogP contribution in [0.5, 0.6) is 11.5 Å². The van der Waals surface area contributed by atoms with Crippen LogP contribution >= 0.6 is 35.0 Å². The van der Waals surface area contributed by atoms with E-state index in [-0.39, 0.29) is 10.5 Å². The lowest BCUT2D eigenvalue weighted by Crippen LogP contribution is -2.25. The van der Waals surface area contributed by atoms with Crippen LogP contribution in [0.1, 0.15) is 61.8 Å². The van der Waals surface area contributed by atoms with Crippen LogP contribution in [0, 0.1) is 13.8 Å². The first-order valence-corrected chi connectivity index (χ1v) is 13.0. The third kappa shape index (κ3) is 8.11. The van der Waals surface area contributed by atoms with Crippen molar-refractivity contribution in [2.24, 2.45) is 0 Å². The Labute approximate surface area is 203 Å². The molecule has 2 aromatic carbocycles. The second-order valence-electron chi connectivity index (χ2n) is 8.70. The van der Waals surface area contributed by atoms with Gasteiger partial charge >= 0.3 is 0 Å². The number of rotatable bonds is 12. The lowest BCUT2D eigenvalue weighted by molar-refractivity contribution is 0.311. The smallest absolute Gasteiger partial charge is 0.123 e. The van der Waals surface area contributed by atoms with E-state index in [2.05, 4.69) is 77.9 Å². The summed E-state index contributed by atoms with van der Waals surface area (Å²) in [5, 5.41) is 0.272. The number of benzene rings is 2. The fraction of sp³-hybridized carbons (Fsp3) is 0.538. The largest absolute Gasteiger partial charge is 0.492 e. The second kappa shape index (κ2) is 12.9. The van der Waals surface area contributed by atoms with Crippen LogP contribution in [-0.4, -0.2) is 35.5 Å². The maximum absolute atomic E-state index is 6.29. The molecule has 0 saturated carbocycles. The zero-order chi connectivity index (χ0) is 23.0. The number of ether oxygens (including phenoxy) is 2. The minimum absolute atomic E-state index is 0.136. The summed E-state index contributed by atoms with van der Waals surface area (Å²) in [5.41, 5.74) is 4.84. The van der Waals surface area contributed by atoms with E-state index in [0.717, 1.165) is 11.5 Å².